The highest BCUT2D eigenvalue weighted by Gasteiger charge is 2.44. The Balaban J connectivity index is 0.00000280. The fourth-order valence-electron chi connectivity index (χ4n) is 3.33. The third kappa shape index (κ3) is 6.37. The van der Waals surface area contributed by atoms with Gasteiger partial charge < -0.3 is 15.2 Å². The van der Waals surface area contributed by atoms with E-state index in [1.165, 1.54) is 18.4 Å². The van der Waals surface area contributed by atoms with Crippen molar-refractivity contribution in [2.24, 2.45) is 4.99 Å². The first kappa shape index (κ1) is 23.0. The van der Waals surface area contributed by atoms with Crippen LogP contribution in [-0.2, 0) is 12.0 Å². The average Bonchev–Trinajstić information content (AvgIpc) is 3.35. The minimum Gasteiger partial charge on any atom is -0.357 e. The van der Waals surface area contributed by atoms with Crippen LogP contribution < -0.4 is 10.6 Å². The molecular formula is C21H31ClIN5. The number of nitrogens with one attached hydrogen (secondary N) is 2. The highest BCUT2D eigenvalue weighted by Crippen LogP contribution is 2.48. The van der Waals surface area contributed by atoms with Gasteiger partial charge in [-0.2, -0.15) is 0 Å². The van der Waals surface area contributed by atoms with Gasteiger partial charge >= 0.3 is 0 Å². The second-order valence-corrected chi connectivity index (χ2v) is 7.72. The molecule has 28 heavy (non-hydrogen) atoms. The van der Waals surface area contributed by atoms with Crippen molar-refractivity contribution < 1.29 is 0 Å². The van der Waals surface area contributed by atoms with E-state index in [0.717, 1.165) is 55.8 Å². The summed E-state index contributed by atoms with van der Waals surface area (Å²) in [7, 11) is 0. The van der Waals surface area contributed by atoms with Gasteiger partial charge in [0.1, 0.15) is 5.82 Å². The molecule has 7 heteroatoms. The number of benzene rings is 1. The maximum absolute atomic E-state index is 6.17. The van der Waals surface area contributed by atoms with Crippen molar-refractivity contribution in [2.45, 2.75) is 51.5 Å². The Hall–Kier alpha value is -1.28. The molecule has 154 valence electrons. The van der Waals surface area contributed by atoms with Crippen molar-refractivity contribution >= 4 is 41.5 Å². The molecule has 0 aliphatic heterocycles. The molecule has 0 spiro atoms. The van der Waals surface area contributed by atoms with Gasteiger partial charge in [-0.1, -0.05) is 23.7 Å². The van der Waals surface area contributed by atoms with Crippen LogP contribution in [0.3, 0.4) is 0 Å². The van der Waals surface area contributed by atoms with E-state index in [1.807, 2.05) is 31.5 Å². The van der Waals surface area contributed by atoms with Gasteiger partial charge in [-0.3, -0.25) is 4.99 Å². The summed E-state index contributed by atoms with van der Waals surface area (Å²) in [6.45, 7) is 7.74. The second kappa shape index (κ2) is 11.0. The highest BCUT2D eigenvalue weighted by molar-refractivity contribution is 14.0. The molecule has 2 aromatic rings. The van der Waals surface area contributed by atoms with E-state index in [0.29, 0.717) is 0 Å². The number of guanidine groups is 1. The molecule has 0 amide bonds. The number of rotatable bonds is 9. The monoisotopic (exact) mass is 515 g/mol. The fraction of sp³-hybridized carbons (Fsp3) is 0.524. The van der Waals surface area contributed by atoms with Gasteiger partial charge in [0, 0.05) is 42.5 Å². The minimum absolute atomic E-state index is 0. The minimum atomic E-state index is 0. The van der Waals surface area contributed by atoms with Crippen molar-refractivity contribution in [3.05, 3.63) is 53.1 Å². The maximum atomic E-state index is 6.17. The first-order chi connectivity index (χ1) is 13.1. The molecular weight excluding hydrogens is 485 g/mol. The van der Waals surface area contributed by atoms with E-state index in [2.05, 4.69) is 39.2 Å². The summed E-state index contributed by atoms with van der Waals surface area (Å²) in [5.74, 6) is 1.98. The van der Waals surface area contributed by atoms with Crippen LogP contribution >= 0.6 is 35.6 Å². The van der Waals surface area contributed by atoms with Crippen molar-refractivity contribution in [2.75, 3.05) is 19.6 Å². The summed E-state index contributed by atoms with van der Waals surface area (Å²) in [5, 5.41) is 7.63. The lowest BCUT2D eigenvalue weighted by Crippen LogP contribution is -2.38. The van der Waals surface area contributed by atoms with Crippen molar-refractivity contribution in [3.63, 3.8) is 0 Å². The average molecular weight is 516 g/mol. The molecule has 5 nitrogen and oxygen atoms in total. The Labute approximate surface area is 190 Å². The molecule has 0 saturated heterocycles. The van der Waals surface area contributed by atoms with E-state index < -0.39 is 0 Å². The van der Waals surface area contributed by atoms with Crippen molar-refractivity contribution in [1.29, 1.82) is 0 Å². The Morgan fingerprint density at radius 1 is 1.29 bits per heavy atom. The van der Waals surface area contributed by atoms with Crippen LogP contribution in [0.1, 0.15) is 44.0 Å². The summed E-state index contributed by atoms with van der Waals surface area (Å²) in [5.41, 5.74) is 1.48. The molecule has 0 atom stereocenters. The van der Waals surface area contributed by atoms with Crippen LogP contribution in [0.5, 0.6) is 0 Å². The van der Waals surface area contributed by atoms with E-state index in [9.17, 15) is 0 Å². The molecule has 0 radical (unpaired) electrons. The molecule has 3 rings (SSSR count). The number of hydrogen-bond acceptors (Lipinski definition) is 2. The highest BCUT2D eigenvalue weighted by atomic mass is 127. The number of unbranched alkanes of at least 4 members (excludes halogenated alkanes) is 1. The van der Waals surface area contributed by atoms with E-state index in [4.69, 9.17) is 16.6 Å². The van der Waals surface area contributed by atoms with Crippen LogP contribution in [0, 0.1) is 6.92 Å². The third-order valence-electron chi connectivity index (χ3n) is 5.22. The predicted octanol–water partition coefficient (Wildman–Crippen LogP) is 4.53. The molecule has 1 aromatic heterocycles. The van der Waals surface area contributed by atoms with Crippen LogP contribution in [0.15, 0.2) is 41.7 Å². The van der Waals surface area contributed by atoms with Crippen LogP contribution in [0.4, 0.5) is 0 Å². The summed E-state index contributed by atoms with van der Waals surface area (Å²) >= 11 is 6.17. The van der Waals surface area contributed by atoms with Crippen LogP contribution in [0.25, 0.3) is 0 Å². The normalized spacial score (nSPS) is 15.0. The number of nitrogens with zero attached hydrogens (tertiary/aromatic N) is 3. The maximum Gasteiger partial charge on any atom is 0.191 e. The van der Waals surface area contributed by atoms with Crippen molar-refractivity contribution in [3.8, 4) is 0 Å². The van der Waals surface area contributed by atoms with E-state index >= 15 is 0 Å². The lowest BCUT2D eigenvalue weighted by Gasteiger charge is -2.16. The number of aromatic nitrogens is 2. The molecule has 0 unspecified atom stereocenters. The van der Waals surface area contributed by atoms with Crippen LogP contribution in [-0.4, -0.2) is 35.1 Å². The Morgan fingerprint density at radius 2 is 2.11 bits per heavy atom. The zero-order valence-electron chi connectivity index (χ0n) is 16.7. The van der Waals surface area contributed by atoms with Gasteiger partial charge in [0.05, 0.1) is 6.54 Å². The number of hydrogen-bond donors (Lipinski definition) is 2. The third-order valence-corrected chi connectivity index (χ3v) is 5.45. The zero-order valence-corrected chi connectivity index (χ0v) is 19.8. The largest absolute Gasteiger partial charge is 0.357 e. The molecule has 2 N–H and O–H groups in total. The summed E-state index contributed by atoms with van der Waals surface area (Å²) in [6, 6.07) is 8.23. The van der Waals surface area contributed by atoms with Crippen LogP contribution in [0.2, 0.25) is 5.02 Å². The smallest absolute Gasteiger partial charge is 0.191 e. The molecule has 1 aromatic carbocycles. The van der Waals surface area contributed by atoms with Gasteiger partial charge in [0.2, 0.25) is 0 Å². The molecule has 1 aliphatic rings. The number of aryl methyl sites for hydroxylation is 2. The topological polar surface area (TPSA) is 54.2 Å². The van der Waals surface area contributed by atoms with Gasteiger partial charge in [-0.25, -0.2) is 4.98 Å². The summed E-state index contributed by atoms with van der Waals surface area (Å²) in [6.07, 6.45) is 8.48. The molecule has 1 heterocycles. The Kier molecular flexibility index (Phi) is 9.08. The van der Waals surface area contributed by atoms with Gasteiger partial charge in [-0.05, 0) is 57.2 Å². The van der Waals surface area contributed by atoms with E-state index in [-0.39, 0.29) is 29.4 Å². The molecule has 1 aliphatic carbocycles. The summed E-state index contributed by atoms with van der Waals surface area (Å²) in [4.78, 5) is 9.11. The first-order valence-corrected chi connectivity index (χ1v) is 10.3. The molecule has 1 saturated carbocycles. The Morgan fingerprint density at radius 3 is 2.75 bits per heavy atom. The quantitative estimate of drug-likeness (QED) is 0.223. The predicted molar refractivity (Wildman–Crippen MR) is 128 cm³/mol. The number of imidazole rings is 1. The standard InChI is InChI=1S/C21H30ClN5.HI/c1-3-23-20(25-11-4-5-13-27-14-12-24-17(27)2)26-16-21(9-10-21)18-7-6-8-19(22)15-18;/h6-8,12,14-15H,3-5,9-11,13,16H2,1-2H3,(H2,23,25,26);1H. The second-order valence-electron chi connectivity index (χ2n) is 7.29. The van der Waals surface area contributed by atoms with Gasteiger partial charge in [0.15, 0.2) is 5.96 Å². The Bertz CT molecular complexity index is 770. The lowest BCUT2D eigenvalue weighted by atomic mass is 9.96. The fourth-order valence-corrected chi connectivity index (χ4v) is 3.52. The first-order valence-electron chi connectivity index (χ1n) is 9.89. The molecule has 1 fully saturated rings. The molecule has 0 bridgehead atoms. The van der Waals surface area contributed by atoms with Gasteiger partial charge in [-0.15, -0.1) is 24.0 Å². The summed E-state index contributed by atoms with van der Waals surface area (Å²) < 4.78 is 2.20. The van der Waals surface area contributed by atoms with Crippen molar-refractivity contribution in [1.82, 2.24) is 20.2 Å². The lowest BCUT2D eigenvalue weighted by molar-refractivity contribution is 0.587. The number of aliphatic imine (C=N–C) groups is 1. The zero-order chi connectivity index (χ0) is 19.1. The van der Waals surface area contributed by atoms with E-state index in [1.54, 1.807) is 0 Å². The number of halogens is 2. The SMILES string of the molecule is CCNC(=NCC1(c2cccc(Cl)c2)CC1)NCCCCn1ccnc1C.I. The van der Waals surface area contributed by atoms with Gasteiger partial charge in [0.25, 0.3) is 0 Å².